The zero-order valence-electron chi connectivity index (χ0n) is 9.38. The highest BCUT2D eigenvalue weighted by Gasteiger charge is 2.06. The molecule has 1 aromatic carbocycles. The van der Waals surface area contributed by atoms with Crippen LogP contribution in [0.15, 0.2) is 41.2 Å². The molecule has 0 saturated heterocycles. The average molecular weight is 255 g/mol. The third kappa shape index (κ3) is 1.73. The lowest BCUT2D eigenvalue weighted by Gasteiger charge is -2.02. The monoisotopic (exact) mass is 255 g/mol. The van der Waals surface area contributed by atoms with Crippen LogP contribution < -0.4 is 0 Å². The topological polar surface area (TPSA) is 57.6 Å². The maximum atomic E-state index is 8.94. The molecule has 0 saturated carbocycles. The van der Waals surface area contributed by atoms with Crippen LogP contribution in [0, 0.1) is 16.1 Å². The maximum Gasteiger partial charge on any atom is 0.178 e. The number of nitrogens with zero attached hydrogens (tertiary/aromatic N) is 2. The molecule has 2 heterocycles. The molecular formula is C13H9N3OS. The summed E-state index contributed by atoms with van der Waals surface area (Å²) in [7, 11) is 0. The molecule has 1 N–H and O–H groups in total. The van der Waals surface area contributed by atoms with Gasteiger partial charge in [-0.25, -0.2) is 0 Å². The summed E-state index contributed by atoms with van der Waals surface area (Å²) in [6.07, 6.45) is 3.32. The summed E-state index contributed by atoms with van der Waals surface area (Å²) >= 11 is 5.30. The van der Waals surface area contributed by atoms with Gasteiger partial charge < -0.3 is 14.0 Å². The molecule has 3 rings (SSSR count). The highest BCUT2D eigenvalue weighted by Crippen LogP contribution is 2.17. The second-order valence-corrected chi connectivity index (χ2v) is 4.38. The number of aromatic nitrogens is 2. The second-order valence-electron chi connectivity index (χ2n) is 3.99. The van der Waals surface area contributed by atoms with Crippen molar-refractivity contribution in [2.75, 3.05) is 0 Å². The van der Waals surface area contributed by atoms with E-state index in [1.54, 1.807) is 18.6 Å². The van der Waals surface area contributed by atoms with Gasteiger partial charge in [-0.15, -0.1) is 0 Å². The molecule has 2 aromatic heterocycles. The first kappa shape index (κ1) is 10.8. The molecule has 0 spiro atoms. The van der Waals surface area contributed by atoms with Crippen molar-refractivity contribution < 1.29 is 4.42 Å². The highest BCUT2D eigenvalue weighted by molar-refractivity contribution is 7.71. The number of nitriles is 1. The van der Waals surface area contributed by atoms with Gasteiger partial charge in [-0.3, -0.25) is 0 Å². The Morgan fingerprint density at radius 2 is 2.28 bits per heavy atom. The molecule has 3 aromatic rings. The number of fused-ring (bicyclic) bond motifs is 1. The summed E-state index contributed by atoms with van der Waals surface area (Å²) in [5.41, 5.74) is 3.52. The molecular weight excluding hydrogens is 246 g/mol. The number of furan rings is 1. The average Bonchev–Trinajstić information content (AvgIpc) is 2.99. The number of hydrogen-bond acceptors (Lipinski definition) is 3. The summed E-state index contributed by atoms with van der Waals surface area (Å²) in [6, 6.07) is 9.51. The van der Waals surface area contributed by atoms with Crippen LogP contribution in [0.1, 0.15) is 11.1 Å². The zero-order valence-corrected chi connectivity index (χ0v) is 10.2. The minimum absolute atomic E-state index is 0.623. The van der Waals surface area contributed by atoms with Crippen molar-refractivity contribution in [2.24, 2.45) is 0 Å². The van der Waals surface area contributed by atoms with Gasteiger partial charge in [0.05, 0.1) is 41.7 Å². The van der Waals surface area contributed by atoms with Gasteiger partial charge in [0.2, 0.25) is 0 Å². The lowest BCUT2D eigenvalue weighted by atomic mass is 10.2. The minimum Gasteiger partial charge on any atom is -0.472 e. The normalized spacial score (nSPS) is 10.6. The number of imidazole rings is 1. The zero-order chi connectivity index (χ0) is 12.5. The van der Waals surface area contributed by atoms with Gasteiger partial charge in [-0.2, -0.15) is 5.26 Å². The van der Waals surface area contributed by atoms with E-state index < -0.39 is 0 Å². The first-order valence-corrected chi connectivity index (χ1v) is 5.82. The highest BCUT2D eigenvalue weighted by atomic mass is 32.1. The first-order chi connectivity index (χ1) is 8.78. The molecule has 5 heteroatoms. The van der Waals surface area contributed by atoms with Crippen LogP contribution in [0.2, 0.25) is 0 Å². The molecule has 18 heavy (non-hydrogen) atoms. The molecule has 0 aliphatic heterocycles. The van der Waals surface area contributed by atoms with Crippen LogP contribution in [0.25, 0.3) is 11.0 Å². The molecule has 0 bridgehead atoms. The number of rotatable bonds is 2. The van der Waals surface area contributed by atoms with E-state index in [-0.39, 0.29) is 0 Å². The second kappa shape index (κ2) is 4.17. The third-order valence-electron chi connectivity index (χ3n) is 2.83. The van der Waals surface area contributed by atoms with Crippen molar-refractivity contribution in [1.29, 1.82) is 5.26 Å². The Morgan fingerprint density at radius 3 is 3.00 bits per heavy atom. The van der Waals surface area contributed by atoms with Gasteiger partial charge in [0.15, 0.2) is 4.77 Å². The van der Waals surface area contributed by atoms with Crippen molar-refractivity contribution in [2.45, 2.75) is 6.54 Å². The standard InChI is InChI=1S/C13H9N3OS/c14-6-9-1-2-11-12(5-9)16(13(18)15-11)7-10-3-4-17-8-10/h1-5,8H,7H2,(H,15,18). The van der Waals surface area contributed by atoms with E-state index in [9.17, 15) is 0 Å². The molecule has 0 aliphatic carbocycles. The molecule has 0 aliphatic rings. The Bertz CT molecular complexity index is 790. The first-order valence-electron chi connectivity index (χ1n) is 5.41. The van der Waals surface area contributed by atoms with Crippen LogP contribution in [0.4, 0.5) is 0 Å². The summed E-state index contributed by atoms with van der Waals surface area (Å²) in [4.78, 5) is 3.13. The van der Waals surface area contributed by atoms with Gasteiger partial charge in [0, 0.05) is 5.56 Å². The van der Waals surface area contributed by atoms with Crippen molar-refractivity contribution in [3.63, 3.8) is 0 Å². The predicted octanol–water partition coefficient (Wildman–Crippen LogP) is 3.21. The maximum absolute atomic E-state index is 8.94. The molecule has 88 valence electrons. The van der Waals surface area contributed by atoms with Crippen LogP contribution in [-0.2, 0) is 6.54 Å². The van der Waals surface area contributed by atoms with Crippen LogP contribution in [-0.4, -0.2) is 9.55 Å². The fourth-order valence-corrected chi connectivity index (χ4v) is 2.22. The number of aromatic amines is 1. The SMILES string of the molecule is N#Cc1ccc2[nH]c(=S)n(Cc3ccoc3)c2c1. The Balaban J connectivity index is 2.18. The number of hydrogen-bond donors (Lipinski definition) is 1. The van der Waals surface area contributed by atoms with Crippen LogP contribution in [0.3, 0.4) is 0 Å². The molecule has 0 fully saturated rings. The van der Waals surface area contributed by atoms with Gasteiger partial charge in [0.25, 0.3) is 0 Å². The van der Waals surface area contributed by atoms with Crippen LogP contribution in [0.5, 0.6) is 0 Å². The molecule has 0 radical (unpaired) electrons. The van der Waals surface area contributed by atoms with E-state index in [4.69, 9.17) is 21.9 Å². The number of benzene rings is 1. The Hall–Kier alpha value is -2.32. The quantitative estimate of drug-likeness (QED) is 0.715. The Morgan fingerprint density at radius 1 is 1.39 bits per heavy atom. The largest absolute Gasteiger partial charge is 0.472 e. The summed E-state index contributed by atoms with van der Waals surface area (Å²) < 4.78 is 7.65. The molecule has 0 unspecified atom stereocenters. The van der Waals surface area contributed by atoms with Gasteiger partial charge >= 0.3 is 0 Å². The predicted molar refractivity (Wildman–Crippen MR) is 69.6 cm³/mol. The van der Waals surface area contributed by atoms with Gasteiger partial charge in [0.1, 0.15) is 0 Å². The van der Waals surface area contributed by atoms with Crippen molar-refractivity contribution >= 4 is 23.3 Å². The van der Waals surface area contributed by atoms with Crippen molar-refractivity contribution in [3.05, 3.63) is 52.7 Å². The van der Waals surface area contributed by atoms with Crippen LogP contribution >= 0.6 is 12.2 Å². The molecule has 0 atom stereocenters. The minimum atomic E-state index is 0.623. The fourth-order valence-electron chi connectivity index (χ4n) is 1.94. The Kier molecular flexibility index (Phi) is 2.50. The van der Waals surface area contributed by atoms with E-state index in [0.717, 1.165) is 16.6 Å². The van der Waals surface area contributed by atoms with Crippen molar-refractivity contribution in [3.8, 4) is 6.07 Å². The van der Waals surface area contributed by atoms with E-state index in [0.29, 0.717) is 16.9 Å². The van der Waals surface area contributed by atoms with Gasteiger partial charge in [-0.1, -0.05) is 0 Å². The smallest absolute Gasteiger partial charge is 0.178 e. The summed E-state index contributed by atoms with van der Waals surface area (Å²) in [5, 5.41) is 8.94. The summed E-state index contributed by atoms with van der Waals surface area (Å²) in [6.45, 7) is 0.629. The molecule has 4 nitrogen and oxygen atoms in total. The van der Waals surface area contributed by atoms with E-state index in [2.05, 4.69) is 11.1 Å². The third-order valence-corrected chi connectivity index (χ3v) is 3.15. The van der Waals surface area contributed by atoms with E-state index in [1.165, 1.54) is 0 Å². The fraction of sp³-hybridized carbons (Fsp3) is 0.0769. The van der Waals surface area contributed by atoms with Crippen molar-refractivity contribution in [1.82, 2.24) is 9.55 Å². The van der Waals surface area contributed by atoms with E-state index in [1.807, 2.05) is 22.8 Å². The van der Waals surface area contributed by atoms with Gasteiger partial charge in [-0.05, 0) is 36.5 Å². The molecule has 0 amide bonds. The number of nitrogens with one attached hydrogen (secondary N) is 1. The number of H-pyrrole nitrogens is 1. The Labute approximate surface area is 108 Å². The lowest BCUT2D eigenvalue weighted by molar-refractivity contribution is 0.562. The van der Waals surface area contributed by atoms with E-state index >= 15 is 0 Å². The lowest BCUT2D eigenvalue weighted by Crippen LogP contribution is -1.98. The summed E-state index contributed by atoms with van der Waals surface area (Å²) in [5.74, 6) is 0.